The second kappa shape index (κ2) is 9.38. The molecule has 0 heterocycles. The van der Waals surface area contributed by atoms with E-state index in [1.165, 1.54) is 0 Å². The van der Waals surface area contributed by atoms with Gasteiger partial charge in [-0.2, -0.15) is 0 Å². The molecule has 7 heteroatoms. The summed E-state index contributed by atoms with van der Waals surface area (Å²) in [6, 6.07) is 16.6. The third-order valence-electron chi connectivity index (χ3n) is 7.71. The predicted octanol–water partition coefficient (Wildman–Crippen LogP) is 6.51. The first-order valence-electron chi connectivity index (χ1n) is 12.1. The minimum absolute atomic E-state index is 0.0627. The fraction of sp³-hybridized carbons (Fsp3) is 0.500. The number of ketones is 2. The van der Waals surface area contributed by atoms with Gasteiger partial charge in [0.1, 0.15) is 0 Å². The zero-order chi connectivity index (χ0) is 25.6. The van der Waals surface area contributed by atoms with Crippen LogP contribution in [0.5, 0.6) is 0 Å². The molecule has 2 unspecified atom stereocenters. The van der Waals surface area contributed by atoms with Crippen molar-refractivity contribution in [3.63, 3.8) is 0 Å². The van der Waals surface area contributed by atoms with Gasteiger partial charge in [-0.05, 0) is 0 Å². The molecule has 0 aliphatic heterocycles. The number of benzene rings is 2. The molecule has 2 bridgehead atoms. The summed E-state index contributed by atoms with van der Waals surface area (Å²) in [5, 5.41) is 0. The molecule has 0 saturated heterocycles. The normalized spacial score (nSPS) is 24.0. The SMILES string of the molecule is CC(C)(C)CC(=O)c1ccc(I(OS(=O)(=O)CC23CCC(CC2=O)C3(C)C)c2ccccc2)cc1. The van der Waals surface area contributed by atoms with E-state index >= 15 is 0 Å². The van der Waals surface area contributed by atoms with Crippen molar-refractivity contribution < 1.29 is 20.5 Å². The number of carbonyl (C=O) groups excluding carboxylic acids is 2. The number of Topliss-reactive ketones (excluding diaryl/α,β-unsaturated/α-hetero) is 2. The summed E-state index contributed by atoms with van der Waals surface area (Å²) in [5.41, 5.74) is -0.705. The Morgan fingerprint density at radius 1 is 1.03 bits per heavy atom. The number of hydrogen-bond acceptors (Lipinski definition) is 5. The van der Waals surface area contributed by atoms with Crippen LogP contribution in [0.4, 0.5) is 0 Å². The van der Waals surface area contributed by atoms with E-state index in [9.17, 15) is 18.0 Å². The maximum absolute atomic E-state index is 13.5. The molecule has 2 aliphatic carbocycles. The molecule has 0 aromatic heterocycles. The van der Waals surface area contributed by atoms with Crippen LogP contribution in [0.15, 0.2) is 54.6 Å². The third-order valence-corrected chi connectivity index (χ3v) is 15.3. The zero-order valence-corrected chi connectivity index (χ0v) is 24.1. The third kappa shape index (κ3) is 5.27. The van der Waals surface area contributed by atoms with Gasteiger partial charge < -0.3 is 0 Å². The fourth-order valence-corrected chi connectivity index (χ4v) is 13.3. The molecule has 0 radical (unpaired) electrons. The summed E-state index contributed by atoms with van der Waals surface area (Å²) in [4.78, 5) is 25.6. The number of fused-ring (bicyclic) bond motifs is 2. The van der Waals surface area contributed by atoms with Crippen molar-refractivity contribution >= 4 is 41.9 Å². The second-order valence-electron chi connectivity index (χ2n) is 11.6. The van der Waals surface area contributed by atoms with Crippen LogP contribution in [0, 0.1) is 29.3 Å². The topological polar surface area (TPSA) is 77.5 Å². The van der Waals surface area contributed by atoms with Gasteiger partial charge in [0, 0.05) is 0 Å². The van der Waals surface area contributed by atoms with Crippen LogP contribution in [0.25, 0.3) is 0 Å². The fourth-order valence-electron chi connectivity index (χ4n) is 5.59. The Labute approximate surface area is 217 Å². The quantitative estimate of drug-likeness (QED) is 0.252. The van der Waals surface area contributed by atoms with E-state index in [4.69, 9.17) is 2.51 Å². The standard InChI is InChI=1S/C28H35IO5S/c1-26(2,3)18-24(30)20-11-13-23(14-12-20)29(22-9-7-6-8-10-22)34-35(32,33)19-28-16-15-21(17-25(28)31)27(28,4)5/h6-14,21H,15-19H2,1-5H3. The molecule has 35 heavy (non-hydrogen) atoms. The van der Waals surface area contributed by atoms with Crippen LogP contribution < -0.4 is 0 Å². The van der Waals surface area contributed by atoms with Gasteiger partial charge in [0.25, 0.3) is 0 Å². The molecular formula is C28H35IO5S. The zero-order valence-electron chi connectivity index (χ0n) is 21.1. The van der Waals surface area contributed by atoms with Crippen molar-refractivity contribution in [2.45, 2.75) is 60.3 Å². The molecule has 2 atom stereocenters. The van der Waals surface area contributed by atoms with Crippen molar-refractivity contribution in [2.75, 3.05) is 5.75 Å². The average Bonchev–Trinajstić information content (AvgIpc) is 3.11. The van der Waals surface area contributed by atoms with E-state index < -0.39 is 35.8 Å². The van der Waals surface area contributed by atoms with E-state index in [2.05, 4.69) is 0 Å². The molecule has 2 aliphatic rings. The Hall–Kier alpha value is -1.58. The summed E-state index contributed by atoms with van der Waals surface area (Å²) < 4.78 is 34.7. The van der Waals surface area contributed by atoms with Crippen LogP contribution in [-0.2, 0) is 17.4 Å². The summed E-state index contributed by atoms with van der Waals surface area (Å²) in [7, 11) is -3.98. The van der Waals surface area contributed by atoms with E-state index in [0.717, 1.165) is 13.6 Å². The summed E-state index contributed by atoms with van der Waals surface area (Å²) >= 11 is -2.86. The molecule has 2 fully saturated rings. The van der Waals surface area contributed by atoms with Gasteiger partial charge in [-0.1, -0.05) is 0 Å². The molecule has 0 amide bonds. The number of halogens is 1. The second-order valence-corrected chi connectivity index (χ2v) is 18.2. The Morgan fingerprint density at radius 3 is 2.14 bits per heavy atom. The summed E-state index contributed by atoms with van der Waals surface area (Å²) in [6.07, 6.45) is 2.40. The van der Waals surface area contributed by atoms with Crippen LogP contribution >= 0.6 is 20.2 Å². The van der Waals surface area contributed by atoms with E-state index in [-0.39, 0.29) is 34.1 Å². The van der Waals surface area contributed by atoms with Gasteiger partial charge in [-0.3, -0.25) is 0 Å². The molecule has 4 rings (SSSR count). The number of hydrogen-bond donors (Lipinski definition) is 0. The molecule has 2 aromatic carbocycles. The molecule has 0 N–H and O–H groups in total. The summed E-state index contributed by atoms with van der Waals surface area (Å²) in [5.74, 6) is 0.111. The van der Waals surface area contributed by atoms with E-state index in [0.29, 0.717) is 24.8 Å². The average molecular weight is 611 g/mol. The first kappa shape index (κ1) is 26.5. The van der Waals surface area contributed by atoms with Crippen LogP contribution in [0.1, 0.15) is 70.7 Å². The Balaban J connectivity index is 1.62. The van der Waals surface area contributed by atoms with Crippen molar-refractivity contribution in [3.8, 4) is 0 Å². The van der Waals surface area contributed by atoms with Gasteiger partial charge in [0.15, 0.2) is 0 Å². The van der Waals surface area contributed by atoms with Crippen LogP contribution in [-0.4, -0.2) is 25.7 Å². The molecule has 5 nitrogen and oxygen atoms in total. The number of carbonyl (C=O) groups is 2. The monoisotopic (exact) mass is 610 g/mol. The van der Waals surface area contributed by atoms with Crippen LogP contribution in [0.2, 0.25) is 0 Å². The summed E-state index contributed by atoms with van der Waals surface area (Å²) in [6.45, 7) is 10.1. The van der Waals surface area contributed by atoms with E-state index in [1.54, 1.807) is 12.1 Å². The minimum atomic E-state index is -3.98. The van der Waals surface area contributed by atoms with Crippen molar-refractivity contribution in [1.82, 2.24) is 0 Å². The maximum atomic E-state index is 13.5. The van der Waals surface area contributed by atoms with Crippen molar-refractivity contribution in [2.24, 2.45) is 22.2 Å². The Morgan fingerprint density at radius 2 is 1.63 bits per heavy atom. The van der Waals surface area contributed by atoms with Gasteiger partial charge in [-0.15, -0.1) is 0 Å². The molecule has 2 aromatic rings. The van der Waals surface area contributed by atoms with Crippen molar-refractivity contribution in [3.05, 3.63) is 67.3 Å². The Bertz CT molecular complexity index is 1210. The first-order valence-corrected chi connectivity index (χ1v) is 16.7. The number of rotatable bonds is 8. The molecular weight excluding hydrogens is 575 g/mol. The predicted molar refractivity (Wildman–Crippen MR) is 146 cm³/mol. The molecule has 2 saturated carbocycles. The van der Waals surface area contributed by atoms with Gasteiger partial charge >= 0.3 is 218 Å². The van der Waals surface area contributed by atoms with Gasteiger partial charge in [0.05, 0.1) is 0 Å². The van der Waals surface area contributed by atoms with Crippen molar-refractivity contribution in [1.29, 1.82) is 0 Å². The molecule has 0 spiro atoms. The Kier molecular flexibility index (Phi) is 7.10. The first-order chi connectivity index (χ1) is 16.2. The van der Waals surface area contributed by atoms with Crippen LogP contribution in [0.3, 0.4) is 0 Å². The van der Waals surface area contributed by atoms with Gasteiger partial charge in [0.2, 0.25) is 0 Å². The molecule has 190 valence electrons. The van der Waals surface area contributed by atoms with Gasteiger partial charge in [-0.25, -0.2) is 0 Å². The van der Waals surface area contributed by atoms with E-state index in [1.807, 2.05) is 77.1 Å².